The number of benzene rings is 1. The quantitative estimate of drug-likeness (QED) is 0.902. The Morgan fingerprint density at radius 2 is 2.00 bits per heavy atom. The fraction of sp³-hybridized carbons (Fsp3) is 0.400. The van der Waals surface area contributed by atoms with Crippen LogP contribution in [0.15, 0.2) is 24.3 Å². The van der Waals surface area contributed by atoms with Crippen molar-refractivity contribution in [2.45, 2.75) is 25.3 Å². The average Bonchev–Trinajstić information content (AvgIpc) is 2.53. The molecule has 1 unspecified atom stereocenters. The summed E-state index contributed by atoms with van der Waals surface area (Å²) >= 11 is 0. The van der Waals surface area contributed by atoms with Crippen LogP contribution in [0.25, 0.3) is 0 Å². The van der Waals surface area contributed by atoms with Crippen molar-refractivity contribution in [3.8, 4) is 6.07 Å². The van der Waals surface area contributed by atoms with Gasteiger partial charge in [-0.05, 0) is 43.5 Å². The second-order valence-electron chi connectivity index (χ2n) is 5.04. The predicted molar refractivity (Wildman–Crippen MR) is 76.9 cm³/mol. The first kappa shape index (κ1) is 14.9. The van der Waals surface area contributed by atoms with Crippen molar-refractivity contribution in [1.82, 2.24) is 4.90 Å². The minimum absolute atomic E-state index is 0.327. The normalized spacial score (nSPS) is 17.9. The minimum Gasteiger partial charge on any atom is -0.480 e. The van der Waals surface area contributed by atoms with Gasteiger partial charge in [0.05, 0.1) is 11.6 Å². The molecule has 0 bridgehead atoms. The van der Waals surface area contributed by atoms with Gasteiger partial charge in [0.2, 0.25) is 0 Å². The Bertz CT molecular complexity index is 577. The molecule has 1 atom stereocenters. The van der Waals surface area contributed by atoms with Crippen LogP contribution < -0.4 is 4.90 Å². The highest BCUT2D eigenvalue weighted by Gasteiger charge is 2.33. The van der Waals surface area contributed by atoms with Gasteiger partial charge in [-0.1, -0.05) is 0 Å². The Kier molecular flexibility index (Phi) is 4.43. The Morgan fingerprint density at radius 3 is 2.57 bits per heavy atom. The van der Waals surface area contributed by atoms with Crippen LogP contribution in [0.2, 0.25) is 0 Å². The molecule has 2 amide bonds. The summed E-state index contributed by atoms with van der Waals surface area (Å²) in [4.78, 5) is 26.6. The van der Waals surface area contributed by atoms with Crippen LogP contribution in [-0.2, 0) is 4.79 Å². The van der Waals surface area contributed by atoms with Gasteiger partial charge in [0.1, 0.15) is 6.04 Å². The second-order valence-corrected chi connectivity index (χ2v) is 5.04. The zero-order chi connectivity index (χ0) is 15.4. The van der Waals surface area contributed by atoms with E-state index in [1.807, 2.05) is 6.07 Å². The monoisotopic (exact) mass is 287 g/mol. The number of carbonyl (C=O) groups excluding carboxylic acids is 1. The number of urea groups is 1. The highest BCUT2D eigenvalue weighted by atomic mass is 16.4. The predicted octanol–water partition coefficient (Wildman–Crippen LogP) is 2.05. The van der Waals surface area contributed by atoms with E-state index in [4.69, 9.17) is 5.26 Å². The molecule has 0 aliphatic carbocycles. The summed E-state index contributed by atoms with van der Waals surface area (Å²) in [7, 11) is 1.61. The first-order valence-electron chi connectivity index (χ1n) is 6.82. The van der Waals surface area contributed by atoms with Crippen molar-refractivity contribution >= 4 is 17.7 Å². The van der Waals surface area contributed by atoms with Crippen molar-refractivity contribution in [3.63, 3.8) is 0 Å². The van der Waals surface area contributed by atoms with Gasteiger partial charge in [0.15, 0.2) is 0 Å². The van der Waals surface area contributed by atoms with E-state index in [-0.39, 0.29) is 6.03 Å². The van der Waals surface area contributed by atoms with Gasteiger partial charge in [0, 0.05) is 19.3 Å². The van der Waals surface area contributed by atoms with E-state index in [0.29, 0.717) is 24.2 Å². The molecule has 1 N–H and O–H groups in total. The third-order valence-electron chi connectivity index (χ3n) is 3.70. The number of carbonyl (C=O) groups is 2. The molecule has 0 aromatic heterocycles. The smallest absolute Gasteiger partial charge is 0.326 e. The molecule has 1 aliphatic rings. The third-order valence-corrected chi connectivity index (χ3v) is 3.70. The molecule has 0 saturated carbocycles. The van der Waals surface area contributed by atoms with E-state index in [2.05, 4.69) is 0 Å². The van der Waals surface area contributed by atoms with E-state index in [1.54, 1.807) is 31.3 Å². The van der Waals surface area contributed by atoms with Crippen LogP contribution in [0.1, 0.15) is 24.8 Å². The summed E-state index contributed by atoms with van der Waals surface area (Å²) in [6.45, 7) is 0.455. The summed E-state index contributed by atoms with van der Waals surface area (Å²) in [5.74, 6) is -0.962. The molecular weight excluding hydrogens is 270 g/mol. The highest BCUT2D eigenvalue weighted by molar-refractivity contribution is 5.94. The summed E-state index contributed by atoms with van der Waals surface area (Å²) in [6.07, 6.45) is 2.13. The maximum absolute atomic E-state index is 12.5. The van der Waals surface area contributed by atoms with E-state index in [1.165, 1.54) is 9.80 Å². The Morgan fingerprint density at radius 1 is 1.33 bits per heavy atom. The van der Waals surface area contributed by atoms with Crippen molar-refractivity contribution < 1.29 is 14.7 Å². The molecule has 1 saturated heterocycles. The highest BCUT2D eigenvalue weighted by Crippen LogP contribution is 2.21. The molecule has 0 spiro atoms. The first-order chi connectivity index (χ1) is 10.0. The maximum Gasteiger partial charge on any atom is 0.326 e. The largest absolute Gasteiger partial charge is 0.480 e. The van der Waals surface area contributed by atoms with E-state index < -0.39 is 12.0 Å². The number of likely N-dealkylation sites (tertiary alicyclic amines) is 1. The zero-order valence-electron chi connectivity index (χ0n) is 11.8. The lowest BCUT2D eigenvalue weighted by molar-refractivity contribution is -0.143. The number of nitriles is 1. The minimum atomic E-state index is -0.962. The number of hydrogen-bond acceptors (Lipinski definition) is 3. The van der Waals surface area contributed by atoms with E-state index >= 15 is 0 Å². The van der Waals surface area contributed by atoms with Crippen molar-refractivity contribution in [2.75, 3.05) is 18.5 Å². The van der Waals surface area contributed by atoms with Gasteiger partial charge in [0.25, 0.3) is 0 Å². The van der Waals surface area contributed by atoms with Crippen LogP contribution in [-0.4, -0.2) is 41.6 Å². The number of carboxylic acids is 1. The van der Waals surface area contributed by atoms with Crippen LogP contribution in [0.4, 0.5) is 10.5 Å². The van der Waals surface area contributed by atoms with Gasteiger partial charge < -0.3 is 10.0 Å². The van der Waals surface area contributed by atoms with Crippen molar-refractivity contribution in [3.05, 3.63) is 29.8 Å². The van der Waals surface area contributed by atoms with Gasteiger partial charge in [-0.25, -0.2) is 9.59 Å². The van der Waals surface area contributed by atoms with Gasteiger partial charge in [-0.15, -0.1) is 0 Å². The molecule has 0 radical (unpaired) electrons. The number of nitrogens with zero attached hydrogens (tertiary/aromatic N) is 3. The fourth-order valence-electron chi connectivity index (χ4n) is 2.48. The Balaban J connectivity index is 2.17. The SMILES string of the molecule is CN(C(=O)N1CCCCC1C(=O)O)c1ccc(C#N)cc1. The van der Waals surface area contributed by atoms with Crippen LogP contribution in [0.5, 0.6) is 0 Å². The third kappa shape index (κ3) is 3.14. The number of amides is 2. The molecule has 1 aliphatic heterocycles. The summed E-state index contributed by atoms with van der Waals surface area (Å²) < 4.78 is 0. The number of piperidine rings is 1. The van der Waals surface area contributed by atoms with E-state index in [9.17, 15) is 14.7 Å². The maximum atomic E-state index is 12.5. The standard InChI is InChI=1S/C15H17N3O3/c1-17(12-7-5-11(10-16)6-8-12)15(21)18-9-3-2-4-13(18)14(19)20/h5-8,13H,2-4,9H2,1H3,(H,19,20). The summed E-state index contributed by atoms with van der Waals surface area (Å²) in [5.41, 5.74) is 1.15. The Hall–Kier alpha value is -2.55. The molecule has 6 nitrogen and oxygen atoms in total. The second kappa shape index (κ2) is 6.27. The molecule has 6 heteroatoms. The van der Waals surface area contributed by atoms with Gasteiger partial charge in [-0.2, -0.15) is 5.26 Å². The number of carboxylic acid groups (broad SMARTS) is 1. The van der Waals surface area contributed by atoms with Crippen molar-refractivity contribution in [2.24, 2.45) is 0 Å². The molecular formula is C15H17N3O3. The lowest BCUT2D eigenvalue weighted by Crippen LogP contribution is -2.52. The van der Waals surface area contributed by atoms with E-state index in [0.717, 1.165) is 12.8 Å². The number of rotatable bonds is 2. The zero-order valence-corrected chi connectivity index (χ0v) is 11.8. The summed E-state index contributed by atoms with van der Waals surface area (Å²) in [5, 5.41) is 18.0. The number of aliphatic carboxylic acids is 1. The van der Waals surface area contributed by atoms with Crippen LogP contribution in [0.3, 0.4) is 0 Å². The molecule has 110 valence electrons. The Labute approximate surface area is 123 Å². The lowest BCUT2D eigenvalue weighted by Gasteiger charge is -2.35. The van der Waals surface area contributed by atoms with Crippen molar-refractivity contribution in [1.29, 1.82) is 5.26 Å². The molecule has 1 heterocycles. The first-order valence-corrected chi connectivity index (χ1v) is 6.82. The topological polar surface area (TPSA) is 84.6 Å². The number of anilines is 1. The summed E-state index contributed by atoms with van der Waals surface area (Å²) in [6, 6.07) is 7.54. The average molecular weight is 287 g/mol. The lowest BCUT2D eigenvalue weighted by atomic mass is 10.0. The molecule has 1 aromatic rings. The molecule has 1 aromatic carbocycles. The van der Waals surface area contributed by atoms with Crippen LogP contribution in [0, 0.1) is 11.3 Å². The molecule has 1 fully saturated rings. The van der Waals surface area contributed by atoms with Gasteiger partial charge in [-0.3, -0.25) is 4.90 Å². The fourth-order valence-corrected chi connectivity index (χ4v) is 2.48. The molecule has 21 heavy (non-hydrogen) atoms. The number of hydrogen-bond donors (Lipinski definition) is 1. The van der Waals surface area contributed by atoms with Gasteiger partial charge >= 0.3 is 12.0 Å². The van der Waals surface area contributed by atoms with Crippen LogP contribution >= 0.6 is 0 Å². The molecule has 2 rings (SSSR count).